The molecule has 6 nitrogen and oxygen atoms in total. The molecule has 1 aliphatic rings. The van der Waals surface area contributed by atoms with E-state index in [1.54, 1.807) is 35.2 Å². The number of carbonyl (C=O) groups excluding carboxylic acids is 2. The second kappa shape index (κ2) is 8.42. The van der Waals surface area contributed by atoms with Gasteiger partial charge in [0.15, 0.2) is 6.61 Å². The maximum absolute atomic E-state index is 12.4. The second-order valence-corrected chi connectivity index (χ2v) is 6.62. The zero-order valence-electron chi connectivity index (χ0n) is 15.7. The third kappa shape index (κ3) is 5.40. The van der Waals surface area contributed by atoms with Crippen LogP contribution < -0.4 is 20.3 Å². The van der Waals surface area contributed by atoms with Gasteiger partial charge in [-0.3, -0.25) is 9.69 Å². The van der Waals surface area contributed by atoms with E-state index in [4.69, 9.17) is 4.74 Å². The Morgan fingerprint density at radius 1 is 1.24 bits per heavy atom. The SMILES string of the molecule is Cc1cc(C(=O)NCc2cccc(OCC(F)(F)F)c2)ccc1N1CCNC1=O. The molecule has 0 saturated carbocycles. The largest absolute Gasteiger partial charge is 0.484 e. The monoisotopic (exact) mass is 407 g/mol. The average molecular weight is 407 g/mol. The summed E-state index contributed by atoms with van der Waals surface area (Å²) < 4.78 is 41.5. The summed E-state index contributed by atoms with van der Waals surface area (Å²) in [6.07, 6.45) is -4.41. The predicted octanol–water partition coefficient (Wildman–Crippen LogP) is 3.40. The van der Waals surface area contributed by atoms with Crippen molar-refractivity contribution in [1.29, 1.82) is 0 Å². The first-order valence-corrected chi connectivity index (χ1v) is 8.96. The Balaban J connectivity index is 1.61. The summed E-state index contributed by atoms with van der Waals surface area (Å²) in [5.74, 6) is -0.245. The normalized spacial score (nSPS) is 13.9. The van der Waals surface area contributed by atoms with Crippen LogP contribution in [0.25, 0.3) is 0 Å². The fourth-order valence-electron chi connectivity index (χ4n) is 3.00. The first-order chi connectivity index (χ1) is 13.7. The number of nitrogens with one attached hydrogen (secondary N) is 2. The van der Waals surface area contributed by atoms with Gasteiger partial charge >= 0.3 is 12.2 Å². The Morgan fingerprint density at radius 2 is 2.03 bits per heavy atom. The minimum Gasteiger partial charge on any atom is -0.484 e. The number of carbonyl (C=O) groups is 2. The first kappa shape index (κ1) is 20.5. The Labute approximate surface area is 165 Å². The van der Waals surface area contributed by atoms with Crippen LogP contribution in [0.1, 0.15) is 21.5 Å². The molecular formula is C20H20F3N3O3. The van der Waals surface area contributed by atoms with Gasteiger partial charge in [-0.1, -0.05) is 12.1 Å². The van der Waals surface area contributed by atoms with E-state index in [1.807, 2.05) is 6.92 Å². The Kier molecular flexibility index (Phi) is 5.95. The third-order valence-corrected chi connectivity index (χ3v) is 4.36. The van der Waals surface area contributed by atoms with E-state index in [2.05, 4.69) is 10.6 Å². The van der Waals surface area contributed by atoms with Crippen molar-refractivity contribution in [3.8, 4) is 5.75 Å². The predicted molar refractivity (Wildman–Crippen MR) is 101 cm³/mol. The summed E-state index contributed by atoms with van der Waals surface area (Å²) in [7, 11) is 0. The number of aryl methyl sites for hydroxylation is 1. The molecule has 1 heterocycles. The Bertz CT molecular complexity index is 915. The number of anilines is 1. The van der Waals surface area contributed by atoms with Gasteiger partial charge in [0.25, 0.3) is 5.91 Å². The molecule has 0 aliphatic carbocycles. The van der Waals surface area contributed by atoms with Crippen molar-refractivity contribution in [2.45, 2.75) is 19.6 Å². The van der Waals surface area contributed by atoms with Crippen molar-refractivity contribution in [2.24, 2.45) is 0 Å². The molecule has 1 saturated heterocycles. The van der Waals surface area contributed by atoms with E-state index in [1.165, 1.54) is 12.1 Å². The highest BCUT2D eigenvalue weighted by molar-refractivity contribution is 5.97. The molecule has 2 N–H and O–H groups in total. The second-order valence-electron chi connectivity index (χ2n) is 6.62. The molecule has 0 spiro atoms. The average Bonchev–Trinajstić information content (AvgIpc) is 3.10. The third-order valence-electron chi connectivity index (χ3n) is 4.36. The summed E-state index contributed by atoms with van der Waals surface area (Å²) in [5, 5.41) is 5.46. The fraction of sp³-hybridized carbons (Fsp3) is 0.300. The maximum atomic E-state index is 12.4. The summed E-state index contributed by atoms with van der Waals surface area (Å²) in [6, 6.07) is 11.0. The number of hydrogen-bond donors (Lipinski definition) is 2. The number of amides is 3. The van der Waals surface area contributed by atoms with Crippen LogP contribution in [-0.4, -0.2) is 37.8 Å². The van der Waals surface area contributed by atoms with Gasteiger partial charge in [-0.15, -0.1) is 0 Å². The van der Waals surface area contributed by atoms with Crippen molar-refractivity contribution < 1.29 is 27.5 Å². The van der Waals surface area contributed by atoms with Gasteiger partial charge in [0, 0.05) is 30.9 Å². The standard InChI is InChI=1S/C20H20F3N3O3/c1-13-9-15(5-6-17(13)26-8-7-24-19(26)28)18(27)25-11-14-3-2-4-16(10-14)29-12-20(21,22)23/h2-6,9-10H,7-8,11-12H2,1H3,(H,24,28)(H,25,27). The number of halogens is 3. The van der Waals surface area contributed by atoms with Crippen LogP contribution >= 0.6 is 0 Å². The van der Waals surface area contributed by atoms with Gasteiger partial charge in [0.05, 0.1) is 0 Å². The van der Waals surface area contributed by atoms with E-state index >= 15 is 0 Å². The molecule has 0 bridgehead atoms. The molecule has 1 aliphatic heterocycles. The number of urea groups is 1. The highest BCUT2D eigenvalue weighted by atomic mass is 19.4. The van der Waals surface area contributed by atoms with Gasteiger partial charge < -0.3 is 15.4 Å². The lowest BCUT2D eigenvalue weighted by Gasteiger charge is -2.17. The quantitative estimate of drug-likeness (QED) is 0.771. The Hall–Kier alpha value is -3.23. The number of nitrogens with zero attached hydrogens (tertiary/aromatic N) is 1. The van der Waals surface area contributed by atoms with E-state index in [0.717, 1.165) is 11.3 Å². The summed E-state index contributed by atoms with van der Waals surface area (Å²) in [5.41, 5.74) is 2.57. The van der Waals surface area contributed by atoms with Crippen molar-refractivity contribution >= 4 is 17.6 Å². The van der Waals surface area contributed by atoms with Crippen LogP contribution in [0.3, 0.4) is 0 Å². The zero-order valence-corrected chi connectivity index (χ0v) is 15.7. The number of alkyl halides is 3. The highest BCUT2D eigenvalue weighted by Crippen LogP contribution is 2.23. The van der Waals surface area contributed by atoms with Crippen LogP contribution in [0.15, 0.2) is 42.5 Å². The smallest absolute Gasteiger partial charge is 0.422 e. The van der Waals surface area contributed by atoms with Gasteiger partial charge in [-0.25, -0.2) is 4.79 Å². The molecule has 2 aromatic carbocycles. The van der Waals surface area contributed by atoms with Crippen molar-refractivity contribution in [3.63, 3.8) is 0 Å². The van der Waals surface area contributed by atoms with E-state index < -0.39 is 12.8 Å². The Morgan fingerprint density at radius 3 is 2.69 bits per heavy atom. The lowest BCUT2D eigenvalue weighted by molar-refractivity contribution is -0.153. The molecule has 154 valence electrons. The molecule has 0 atom stereocenters. The molecule has 0 unspecified atom stereocenters. The van der Waals surface area contributed by atoms with E-state index in [9.17, 15) is 22.8 Å². The van der Waals surface area contributed by atoms with Gasteiger partial charge in [0.1, 0.15) is 5.75 Å². The lowest BCUT2D eigenvalue weighted by atomic mass is 10.1. The van der Waals surface area contributed by atoms with Crippen LogP contribution in [0.2, 0.25) is 0 Å². The van der Waals surface area contributed by atoms with Gasteiger partial charge in [0.2, 0.25) is 0 Å². The molecule has 29 heavy (non-hydrogen) atoms. The molecule has 9 heteroatoms. The molecule has 0 aromatic heterocycles. The summed E-state index contributed by atoms with van der Waals surface area (Å²) in [4.78, 5) is 25.8. The minimum absolute atomic E-state index is 0.0816. The molecular weight excluding hydrogens is 387 g/mol. The number of benzene rings is 2. The molecule has 0 radical (unpaired) electrons. The van der Waals surface area contributed by atoms with E-state index in [-0.39, 0.29) is 24.2 Å². The minimum atomic E-state index is -4.41. The zero-order chi connectivity index (χ0) is 21.0. The highest BCUT2D eigenvalue weighted by Gasteiger charge is 2.28. The van der Waals surface area contributed by atoms with Crippen LogP contribution in [0.5, 0.6) is 5.75 Å². The lowest BCUT2D eigenvalue weighted by Crippen LogP contribution is -2.28. The first-order valence-electron chi connectivity index (χ1n) is 8.96. The summed E-state index contributed by atoms with van der Waals surface area (Å²) >= 11 is 0. The topological polar surface area (TPSA) is 70.7 Å². The fourth-order valence-corrected chi connectivity index (χ4v) is 3.00. The number of hydrogen-bond acceptors (Lipinski definition) is 3. The van der Waals surface area contributed by atoms with Crippen LogP contribution in [0, 0.1) is 6.92 Å². The molecule has 1 fully saturated rings. The molecule has 3 rings (SSSR count). The summed E-state index contributed by atoms with van der Waals surface area (Å²) in [6.45, 7) is 1.73. The maximum Gasteiger partial charge on any atom is 0.422 e. The van der Waals surface area contributed by atoms with Crippen LogP contribution in [0.4, 0.5) is 23.7 Å². The molecule has 3 amide bonds. The number of ether oxygens (including phenoxy) is 1. The number of rotatable bonds is 6. The molecule has 2 aromatic rings. The van der Waals surface area contributed by atoms with Gasteiger partial charge in [-0.05, 0) is 48.4 Å². The van der Waals surface area contributed by atoms with Crippen molar-refractivity contribution in [3.05, 3.63) is 59.2 Å². The van der Waals surface area contributed by atoms with Crippen LogP contribution in [-0.2, 0) is 6.54 Å². The van der Waals surface area contributed by atoms with Crippen molar-refractivity contribution in [1.82, 2.24) is 10.6 Å². The van der Waals surface area contributed by atoms with Crippen molar-refractivity contribution in [2.75, 3.05) is 24.6 Å². The van der Waals surface area contributed by atoms with E-state index in [0.29, 0.717) is 24.2 Å². The van der Waals surface area contributed by atoms with Gasteiger partial charge in [-0.2, -0.15) is 13.2 Å².